The molecule has 0 saturated heterocycles. The topological polar surface area (TPSA) is 119 Å². The average molecular weight is 553 g/mol. The molecule has 0 spiro atoms. The molecule has 39 heavy (non-hydrogen) atoms. The van der Waals surface area contributed by atoms with Crippen molar-refractivity contribution in [2.45, 2.75) is 43.0 Å². The van der Waals surface area contributed by atoms with Crippen molar-refractivity contribution in [3.63, 3.8) is 0 Å². The lowest BCUT2D eigenvalue weighted by Gasteiger charge is -2.19. The quantitative estimate of drug-likeness (QED) is 0.283. The van der Waals surface area contributed by atoms with Crippen LogP contribution in [0.4, 0.5) is 4.39 Å². The van der Waals surface area contributed by atoms with E-state index < -0.39 is 31.1 Å². The monoisotopic (exact) mass is 552 g/mol. The number of sulfone groups is 1. The predicted molar refractivity (Wildman–Crippen MR) is 146 cm³/mol. The number of aromatic hydroxyl groups is 1. The molecule has 0 aliphatic carbocycles. The number of aromatic nitrogens is 2. The summed E-state index contributed by atoms with van der Waals surface area (Å²) in [6, 6.07) is 12.0. The van der Waals surface area contributed by atoms with E-state index in [1.807, 2.05) is 6.92 Å². The highest BCUT2D eigenvalue weighted by molar-refractivity contribution is 7.91. The Morgan fingerprint density at radius 1 is 1.03 bits per heavy atom. The number of benzene rings is 2. The molecule has 0 fully saturated rings. The summed E-state index contributed by atoms with van der Waals surface area (Å²) in [5.41, 5.74) is 1.72. The van der Waals surface area contributed by atoms with Gasteiger partial charge in [0.05, 0.1) is 25.3 Å². The average Bonchev–Trinajstić information content (AvgIpc) is 2.91. The van der Waals surface area contributed by atoms with Gasteiger partial charge in [-0.1, -0.05) is 25.5 Å². The fraction of sp³-hybridized carbons (Fsp3) is 0.241. The third-order valence-electron chi connectivity index (χ3n) is 6.46. The highest BCUT2D eigenvalue weighted by Crippen LogP contribution is 2.46. The van der Waals surface area contributed by atoms with Crippen LogP contribution in [-0.2, 0) is 16.3 Å². The van der Waals surface area contributed by atoms with Crippen LogP contribution in [0.2, 0.25) is 0 Å². The molecule has 8 nitrogen and oxygen atoms in total. The highest BCUT2D eigenvalue weighted by atomic mass is 32.2. The molecule has 2 aromatic heterocycles. The standard InChI is InChI=1S/C29H29FN2O6S/c1-5-6-8-21-25(26-22(37-3)9-7-10-23(26)38-4)27(33)28(29(34)32-21)39(35,36)24-14-11-18(16-31-24)20-13-12-19(30)15-17(20)2/h7,9-16H,5-6,8H2,1-4H3,(H2,32,33,34). The van der Waals surface area contributed by atoms with Gasteiger partial charge in [0.15, 0.2) is 9.92 Å². The SMILES string of the molecule is CCCCc1[nH]c(=O)c(S(=O)(=O)c2ccc(-c3ccc(F)cc3C)cn2)c(O)c1-c1c(OC)cccc1OC. The second-order valence-electron chi connectivity index (χ2n) is 8.97. The van der Waals surface area contributed by atoms with E-state index in [4.69, 9.17) is 9.47 Å². The number of nitrogens with zero attached hydrogens (tertiary/aromatic N) is 1. The zero-order valence-corrected chi connectivity index (χ0v) is 22.9. The number of nitrogens with one attached hydrogen (secondary N) is 1. The van der Waals surface area contributed by atoms with Crippen molar-refractivity contribution in [1.29, 1.82) is 0 Å². The molecule has 0 aliphatic rings. The molecule has 2 N–H and O–H groups in total. The zero-order chi connectivity index (χ0) is 28.3. The second kappa shape index (κ2) is 11.3. The van der Waals surface area contributed by atoms with Crippen LogP contribution in [0.3, 0.4) is 0 Å². The summed E-state index contributed by atoms with van der Waals surface area (Å²) >= 11 is 0. The number of unbranched alkanes of at least 4 members (excludes halogenated alkanes) is 1. The van der Waals surface area contributed by atoms with Gasteiger partial charge in [-0.05, 0) is 67.3 Å². The van der Waals surface area contributed by atoms with Gasteiger partial charge >= 0.3 is 0 Å². The molecule has 10 heteroatoms. The first-order valence-electron chi connectivity index (χ1n) is 12.3. The van der Waals surface area contributed by atoms with Gasteiger partial charge in [0.2, 0.25) is 9.84 Å². The van der Waals surface area contributed by atoms with E-state index in [9.17, 15) is 22.7 Å². The summed E-state index contributed by atoms with van der Waals surface area (Å²) in [7, 11) is -1.68. The number of aryl methyl sites for hydroxylation is 2. The van der Waals surface area contributed by atoms with E-state index in [-0.39, 0.29) is 11.4 Å². The molecule has 2 aromatic carbocycles. The summed E-state index contributed by atoms with van der Waals surface area (Å²) in [6.45, 7) is 3.71. The number of methoxy groups -OCH3 is 2. The van der Waals surface area contributed by atoms with Crippen molar-refractivity contribution < 1.29 is 27.4 Å². The smallest absolute Gasteiger partial charge is 0.271 e. The molecular weight excluding hydrogens is 523 g/mol. The van der Waals surface area contributed by atoms with Crippen molar-refractivity contribution in [2.75, 3.05) is 14.2 Å². The fourth-order valence-corrected chi connectivity index (χ4v) is 5.83. The van der Waals surface area contributed by atoms with Gasteiger partial charge in [-0.25, -0.2) is 17.8 Å². The molecule has 4 aromatic rings. The maximum Gasteiger partial charge on any atom is 0.271 e. The minimum absolute atomic E-state index is 0.106. The lowest BCUT2D eigenvalue weighted by molar-refractivity contribution is 0.395. The first-order valence-corrected chi connectivity index (χ1v) is 13.8. The van der Waals surface area contributed by atoms with Crippen LogP contribution in [0.15, 0.2) is 69.4 Å². The summed E-state index contributed by atoms with van der Waals surface area (Å²) in [6.07, 6.45) is 3.19. The summed E-state index contributed by atoms with van der Waals surface area (Å²) in [5, 5.41) is 11.0. The van der Waals surface area contributed by atoms with Gasteiger partial charge in [0.1, 0.15) is 23.1 Å². The number of rotatable bonds is 9. The molecule has 0 unspecified atom stereocenters. The van der Waals surface area contributed by atoms with Crippen LogP contribution >= 0.6 is 0 Å². The Labute approximate surface area is 226 Å². The van der Waals surface area contributed by atoms with E-state index in [2.05, 4.69) is 9.97 Å². The number of aromatic amines is 1. The molecule has 0 amide bonds. The van der Waals surface area contributed by atoms with E-state index in [1.165, 1.54) is 44.7 Å². The Bertz CT molecular complexity index is 1660. The van der Waals surface area contributed by atoms with E-state index >= 15 is 0 Å². The largest absolute Gasteiger partial charge is 0.506 e. The van der Waals surface area contributed by atoms with Gasteiger partial charge in [-0.15, -0.1) is 0 Å². The minimum Gasteiger partial charge on any atom is -0.506 e. The number of halogens is 1. The van der Waals surface area contributed by atoms with Crippen LogP contribution in [0, 0.1) is 12.7 Å². The van der Waals surface area contributed by atoms with Gasteiger partial charge < -0.3 is 19.6 Å². The van der Waals surface area contributed by atoms with Crippen molar-refractivity contribution in [3.05, 3.63) is 82.2 Å². The lowest BCUT2D eigenvalue weighted by atomic mass is 9.98. The minimum atomic E-state index is -4.57. The Hall–Kier alpha value is -4.18. The van der Waals surface area contributed by atoms with E-state index in [0.717, 1.165) is 6.42 Å². The number of pyridine rings is 2. The molecule has 0 saturated carbocycles. The predicted octanol–water partition coefficient (Wildman–Crippen LogP) is 5.45. The number of hydrogen-bond donors (Lipinski definition) is 2. The Kier molecular flexibility index (Phi) is 8.06. The molecular formula is C29H29FN2O6S. The number of hydrogen-bond acceptors (Lipinski definition) is 7. The van der Waals surface area contributed by atoms with Crippen LogP contribution in [0.1, 0.15) is 31.0 Å². The molecule has 0 bridgehead atoms. The molecule has 0 aliphatic heterocycles. The maximum atomic E-state index is 13.7. The van der Waals surface area contributed by atoms with E-state index in [1.54, 1.807) is 31.2 Å². The number of ether oxygens (including phenoxy) is 2. The van der Waals surface area contributed by atoms with Gasteiger partial charge in [0.25, 0.3) is 5.56 Å². The van der Waals surface area contributed by atoms with Crippen LogP contribution in [0.5, 0.6) is 17.2 Å². The maximum absolute atomic E-state index is 13.7. The molecule has 204 valence electrons. The molecule has 4 rings (SSSR count). The Balaban J connectivity index is 1.92. The zero-order valence-electron chi connectivity index (χ0n) is 22.0. The molecule has 0 radical (unpaired) electrons. The van der Waals surface area contributed by atoms with Gasteiger partial charge in [0, 0.05) is 17.5 Å². The lowest BCUT2D eigenvalue weighted by Crippen LogP contribution is -2.21. The third kappa shape index (κ3) is 5.24. The molecule has 2 heterocycles. The van der Waals surface area contributed by atoms with Gasteiger partial charge in [-0.2, -0.15) is 0 Å². The summed E-state index contributed by atoms with van der Waals surface area (Å²) in [5.74, 6) is -0.444. The van der Waals surface area contributed by atoms with Crippen molar-refractivity contribution in [3.8, 4) is 39.5 Å². The molecule has 0 atom stereocenters. The third-order valence-corrected chi connectivity index (χ3v) is 8.17. The Morgan fingerprint density at radius 3 is 2.28 bits per heavy atom. The second-order valence-corrected chi connectivity index (χ2v) is 10.8. The van der Waals surface area contributed by atoms with Crippen LogP contribution in [-0.4, -0.2) is 37.7 Å². The highest BCUT2D eigenvalue weighted by Gasteiger charge is 2.32. The van der Waals surface area contributed by atoms with Gasteiger partial charge in [-0.3, -0.25) is 4.79 Å². The Morgan fingerprint density at radius 2 is 1.72 bits per heavy atom. The summed E-state index contributed by atoms with van der Waals surface area (Å²) < 4.78 is 51.9. The van der Waals surface area contributed by atoms with Crippen molar-refractivity contribution >= 4 is 9.84 Å². The van der Waals surface area contributed by atoms with E-state index in [0.29, 0.717) is 52.3 Å². The first-order chi connectivity index (χ1) is 18.6. The van der Waals surface area contributed by atoms with Crippen molar-refractivity contribution in [1.82, 2.24) is 9.97 Å². The van der Waals surface area contributed by atoms with Crippen molar-refractivity contribution in [2.24, 2.45) is 0 Å². The fourth-order valence-electron chi connectivity index (χ4n) is 4.53. The summed E-state index contributed by atoms with van der Waals surface area (Å²) in [4.78, 5) is 19.1. The normalized spacial score (nSPS) is 11.4. The van der Waals surface area contributed by atoms with Crippen LogP contribution < -0.4 is 15.0 Å². The van der Waals surface area contributed by atoms with Crippen LogP contribution in [0.25, 0.3) is 22.3 Å². The number of H-pyrrole nitrogens is 1. The first kappa shape index (κ1) is 27.8.